The van der Waals surface area contributed by atoms with E-state index < -0.39 is 0 Å². The standard InChI is InChI=1S/C34H26N4/c1-24-17-19-28(20-18-24)33-36-32(27-15-9-4-10-16-27)37-34(38-33)35-31-22-29(25-11-5-2-6-12-25)21-30(23-31)26-13-7-3-8-14-26/h2-23H,1H3,(H,35,36,37,38). The zero-order valence-corrected chi connectivity index (χ0v) is 21.0. The highest BCUT2D eigenvalue weighted by Gasteiger charge is 2.12. The summed E-state index contributed by atoms with van der Waals surface area (Å²) in [6.07, 6.45) is 0. The van der Waals surface area contributed by atoms with E-state index in [1.54, 1.807) is 0 Å². The van der Waals surface area contributed by atoms with Crippen LogP contribution < -0.4 is 5.32 Å². The maximum Gasteiger partial charge on any atom is 0.231 e. The van der Waals surface area contributed by atoms with Crippen molar-refractivity contribution in [1.82, 2.24) is 15.0 Å². The zero-order chi connectivity index (χ0) is 25.7. The molecule has 0 saturated carbocycles. The average molecular weight is 491 g/mol. The Balaban J connectivity index is 1.46. The lowest BCUT2D eigenvalue weighted by molar-refractivity contribution is 1.07. The molecule has 0 aliphatic carbocycles. The Labute approximate surface area is 222 Å². The SMILES string of the molecule is Cc1ccc(-c2nc(Nc3cc(-c4ccccc4)cc(-c4ccccc4)c3)nc(-c3ccccc3)n2)cc1. The van der Waals surface area contributed by atoms with Crippen LogP contribution in [-0.2, 0) is 0 Å². The summed E-state index contributed by atoms with van der Waals surface area (Å²) in [5.41, 5.74) is 8.51. The van der Waals surface area contributed by atoms with E-state index in [-0.39, 0.29) is 0 Å². The topological polar surface area (TPSA) is 50.7 Å². The third-order valence-electron chi connectivity index (χ3n) is 6.38. The highest BCUT2D eigenvalue weighted by molar-refractivity contribution is 5.79. The van der Waals surface area contributed by atoms with Crippen LogP contribution in [0.2, 0.25) is 0 Å². The fraction of sp³-hybridized carbons (Fsp3) is 0.0294. The van der Waals surface area contributed by atoms with Gasteiger partial charge >= 0.3 is 0 Å². The van der Waals surface area contributed by atoms with Gasteiger partial charge < -0.3 is 5.32 Å². The largest absolute Gasteiger partial charge is 0.324 e. The van der Waals surface area contributed by atoms with Crippen LogP contribution in [0.5, 0.6) is 0 Å². The normalized spacial score (nSPS) is 10.8. The minimum absolute atomic E-state index is 0.499. The molecule has 0 fully saturated rings. The molecule has 0 unspecified atom stereocenters. The quantitative estimate of drug-likeness (QED) is 0.254. The Morgan fingerprint density at radius 1 is 0.421 bits per heavy atom. The van der Waals surface area contributed by atoms with Gasteiger partial charge in [0.25, 0.3) is 0 Å². The molecule has 0 spiro atoms. The van der Waals surface area contributed by atoms with Crippen LogP contribution in [0, 0.1) is 6.92 Å². The molecule has 1 N–H and O–H groups in total. The monoisotopic (exact) mass is 490 g/mol. The van der Waals surface area contributed by atoms with Gasteiger partial charge in [0.1, 0.15) is 0 Å². The molecular formula is C34H26N4. The molecule has 5 aromatic carbocycles. The molecule has 0 aliphatic rings. The van der Waals surface area contributed by atoms with E-state index in [0.29, 0.717) is 17.6 Å². The highest BCUT2D eigenvalue weighted by Crippen LogP contribution is 2.32. The first-order chi connectivity index (χ1) is 18.7. The lowest BCUT2D eigenvalue weighted by Gasteiger charge is -2.13. The molecule has 0 radical (unpaired) electrons. The Morgan fingerprint density at radius 3 is 1.37 bits per heavy atom. The minimum atomic E-state index is 0.499. The minimum Gasteiger partial charge on any atom is -0.324 e. The van der Waals surface area contributed by atoms with Crippen molar-refractivity contribution in [2.45, 2.75) is 6.92 Å². The van der Waals surface area contributed by atoms with Crippen molar-refractivity contribution in [3.63, 3.8) is 0 Å². The van der Waals surface area contributed by atoms with Gasteiger partial charge in [-0.1, -0.05) is 121 Å². The molecule has 0 atom stereocenters. The van der Waals surface area contributed by atoms with Crippen molar-refractivity contribution in [2.75, 3.05) is 5.32 Å². The van der Waals surface area contributed by atoms with Gasteiger partial charge in [0.2, 0.25) is 5.95 Å². The van der Waals surface area contributed by atoms with Gasteiger partial charge in [-0.15, -0.1) is 0 Å². The van der Waals surface area contributed by atoms with Crippen LogP contribution in [0.15, 0.2) is 133 Å². The summed E-state index contributed by atoms with van der Waals surface area (Å²) < 4.78 is 0. The van der Waals surface area contributed by atoms with E-state index in [9.17, 15) is 0 Å². The summed E-state index contributed by atoms with van der Waals surface area (Å²) in [5.74, 6) is 1.75. The van der Waals surface area contributed by atoms with Crippen molar-refractivity contribution in [3.8, 4) is 45.0 Å². The van der Waals surface area contributed by atoms with Gasteiger partial charge in [-0.05, 0) is 47.4 Å². The Morgan fingerprint density at radius 2 is 0.868 bits per heavy atom. The van der Waals surface area contributed by atoms with Crippen molar-refractivity contribution < 1.29 is 0 Å². The third-order valence-corrected chi connectivity index (χ3v) is 6.38. The van der Waals surface area contributed by atoms with Gasteiger partial charge in [0.15, 0.2) is 11.6 Å². The Hall–Kier alpha value is -5.09. The van der Waals surface area contributed by atoms with E-state index >= 15 is 0 Å². The maximum absolute atomic E-state index is 4.83. The molecule has 182 valence electrons. The Kier molecular flexibility index (Phi) is 6.44. The second-order valence-corrected chi connectivity index (χ2v) is 9.19. The average Bonchev–Trinajstić information content (AvgIpc) is 2.98. The van der Waals surface area contributed by atoms with E-state index in [1.165, 1.54) is 5.56 Å². The molecule has 0 aliphatic heterocycles. The van der Waals surface area contributed by atoms with Gasteiger partial charge in [0, 0.05) is 16.8 Å². The number of hydrogen-bond donors (Lipinski definition) is 1. The number of anilines is 2. The molecule has 1 aromatic heterocycles. The van der Waals surface area contributed by atoms with Crippen LogP contribution in [0.3, 0.4) is 0 Å². The molecule has 1 heterocycles. The molecular weight excluding hydrogens is 464 g/mol. The van der Waals surface area contributed by atoms with Crippen LogP contribution in [0.1, 0.15) is 5.56 Å². The van der Waals surface area contributed by atoms with Gasteiger partial charge in [-0.2, -0.15) is 9.97 Å². The number of hydrogen-bond acceptors (Lipinski definition) is 4. The summed E-state index contributed by atoms with van der Waals surface area (Å²) in [6.45, 7) is 2.07. The number of aromatic nitrogens is 3. The number of rotatable bonds is 6. The molecule has 0 saturated heterocycles. The summed E-state index contributed by atoms with van der Waals surface area (Å²) in [4.78, 5) is 14.5. The number of nitrogens with zero attached hydrogens (tertiary/aromatic N) is 3. The zero-order valence-electron chi connectivity index (χ0n) is 21.0. The van der Waals surface area contributed by atoms with Crippen LogP contribution >= 0.6 is 0 Å². The van der Waals surface area contributed by atoms with Gasteiger partial charge in [-0.25, -0.2) is 4.98 Å². The number of nitrogens with one attached hydrogen (secondary N) is 1. The molecule has 4 nitrogen and oxygen atoms in total. The molecule has 0 bridgehead atoms. The summed E-state index contributed by atoms with van der Waals surface area (Å²) in [7, 11) is 0. The van der Waals surface area contributed by atoms with Crippen molar-refractivity contribution >= 4 is 11.6 Å². The first kappa shape index (κ1) is 23.3. The molecule has 4 heteroatoms. The van der Waals surface area contributed by atoms with Gasteiger partial charge in [-0.3, -0.25) is 0 Å². The van der Waals surface area contributed by atoms with E-state index in [4.69, 9.17) is 15.0 Å². The first-order valence-corrected chi connectivity index (χ1v) is 12.6. The molecule has 6 aromatic rings. The maximum atomic E-state index is 4.83. The lowest BCUT2D eigenvalue weighted by Crippen LogP contribution is -2.03. The molecule has 38 heavy (non-hydrogen) atoms. The number of benzene rings is 5. The Bertz CT molecular complexity index is 1610. The van der Waals surface area contributed by atoms with E-state index in [1.807, 2.05) is 54.6 Å². The summed E-state index contributed by atoms with van der Waals surface area (Å²) in [5, 5.41) is 3.49. The first-order valence-electron chi connectivity index (χ1n) is 12.6. The molecule has 0 amide bonds. The van der Waals surface area contributed by atoms with Crippen LogP contribution in [0.4, 0.5) is 11.6 Å². The van der Waals surface area contributed by atoms with Crippen molar-refractivity contribution in [1.29, 1.82) is 0 Å². The van der Waals surface area contributed by atoms with Crippen molar-refractivity contribution in [3.05, 3.63) is 139 Å². The van der Waals surface area contributed by atoms with Crippen molar-refractivity contribution in [2.24, 2.45) is 0 Å². The summed E-state index contributed by atoms with van der Waals surface area (Å²) in [6, 6.07) is 45.6. The number of aryl methyl sites for hydroxylation is 1. The van der Waals surface area contributed by atoms with Gasteiger partial charge in [0.05, 0.1) is 0 Å². The highest BCUT2D eigenvalue weighted by atomic mass is 15.2. The van der Waals surface area contributed by atoms with Crippen LogP contribution in [0.25, 0.3) is 45.0 Å². The van der Waals surface area contributed by atoms with E-state index in [0.717, 1.165) is 39.1 Å². The van der Waals surface area contributed by atoms with Crippen LogP contribution in [-0.4, -0.2) is 15.0 Å². The predicted octanol–water partition coefficient (Wildman–Crippen LogP) is 8.59. The molecule has 6 rings (SSSR count). The second kappa shape index (κ2) is 10.5. The fourth-order valence-corrected chi connectivity index (χ4v) is 4.40. The predicted molar refractivity (Wildman–Crippen MR) is 156 cm³/mol. The second-order valence-electron chi connectivity index (χ2n) is 9.19. The lowest BCUT2D eigenvalue weighted by atomic mass is 9.98. The summed E-state index contributed by atoms with van der Waals surface area (Å²) >= 11 is 0. The smallest absolute Gasteiger partial charge is 0.231 e. The third kappa shape index (κ3) is 5.20. The fourth-order valence-electron chi connectivity index (χ4n) is 4.40. The van der Waals surface area contributed by atoms with E-state index in [2.05, 4.69) is 91.1 Å².